The predicted molar refractivity (Wildman–Crippen MR) is 64.4 cm³/mol. The second kappa shape index (κ2) is 7.01. The zero-order valence-electron chi connectivity index (χ0n) is 9.48. The Morgan fingerprint density at radius 3 is 2.12 bits per heavy atom. The van der Waals surface area contributed by atoms with E-state index in [2.05, 4.69) is 24.3 Å². The summed E-state index contributed by atoms with van der Waals surface area (Å²) in [7, 11) is 0. The van der Waals surface area contributed by atoms with E-state index >= 15 is 0 Å². The smallest absolute Gasteiger partial charge is 0.303 e. The number of benzene rings is 1. The van der Waals surface area contributed by atoms with Crippen molar-refractivity contribution in [3.05, 3.63) is 35.4 Å². The standard InChI is InChI=1S/C13H19NO2/c14-10-9-12-7-5-11(6-8-12)3-1-2-4-13(15)16/h5-8H,1-4,9-10,14H2,(H,15,16). The van der Waals surface area contributed by atoms with Crippen molar-refractivity contribution in [3.8, 4) is 0 Å². The van der Waals surface area contributed by atoms with Crippen molar-refractivity contribution >= 4 is 5.97 Å². The van der Waals surface area contributed by atoms with Crippen LogP contribution in [0.15, 0.2) is 24.3 Å². The molecule has 0 bridgehead atoms. The van der Waals surface area contributed by atoms with Gasteiger partial charge in [-0.2, -0.15) is 0 Å². The van der Waals surface area contributed by atoms with E-state index in [1.165, 1.54) is 11.1 Å². The molecular weight excluding hydrogens is 202 g/mol. The third-order valence-corrected chi connectivity index (χ3v) is 2.56. The van der Waals surface area contributed by atoms with Gasteiger partial charge < -0.3 is 10.8 Å². The third kappa shape index (κ3) is 4.94. The molecule has 0 fully saturated rings. The molecule has 0 unspecified atom stereocenters. The van der Waals surface area contributed by atoms with E-state index < -0.39 is 5.97 Å². The number of rotatable bonds is 7. The van der Waals surface area contributed by atoms with Gasteiger partial charge in [-0.05, 0) is 43.4 Å². The number of nitrogens with two attached hydrogens (primary N) is 1. The van der Waals surface area contributed by atoms with Crippen molar-refractivity contribution in [2.45, 2.75) is 32.1 Å². The SMILES string of the molecule is NCCc1ccc(CCCCC(=O)O)cc1. The van der Waals surface area contributed by atoms with Gasteiger partial charge in [-0.25, -0.2) is 0 Å². The van der Waals surface area contributed by atoms with Crippen LogP contribution in [0.2, 0.25) is 0 Å². The van der Waals surface area contributed by atoms with E-state index in [0.29, 0.717) is 6.54 Å². The van der Waals surface area contributed by atoms with E-state index in [1.54, 1.807) is 0 Å². The van der Waals surface area contributed by atoms with Crippen molar-refractivity contribution in [2.24, 2.45) is 5.73 Å². The Morgan fingerprint density at radius 2 is 1.62 bits per heavy atom. The van der Waals surface area contributed by atoms with Crippen LogP contribution in [-0.4, -0.2) is 17.6 Å². The van der Waals surface area contributed by atoms with Crippen molar-refractivity contribution in [1.82, 2.24) is 0 Å². The van der Waals surface area contributed by atoms with Crippen LogP contribution in [0, 0.1) is 0 Å². The summed E-state index contributed by atoms with van der Waals surface area (Å²) in [4.78, 5) is 10.3. The first kappa shape index (κ1) is 12.7. The highest BCUT2D eigenvalue weighted by Crippen LogP contribution is 2.09. The Morgan fingerprint density at radius 1 is 1.06 bits per heavy atom. The summed E-state index contributed by atoms with van der Waals surface area (Å²) in [5.41, 5.74) is 8.00. The molecule has 0 atom stereocenters. The number of carboxylic acid groups (broad SMARTS) is 1. The van der Waals surface area contributed by atoms with Crippen LogP contribution in [0.4, 0.5) is 0 Å². The Balaban J connectivity index is 2.29. The maximum absolute atomic E-state index is 10.3. The van der Waals surface area contributed by atoms with Crippen LogP contribution in [0.25, 0.3) is 0 Å². The Labute approximate surface area is 96.3 Å². The van der Waals surface area contributed by atoms with Crippen molar-refractivity contribution in [1.29, 1.82) is 0 Å². The molecule has 0 saturated heterocycles. The van der Waals surface area contributed by atoms with Gasteiger partial charge >= 0.3 is 5.97 Å². The topological polar surface area (TPSA) is 63.3 Å². The highest BCUT2D eigenvalue weighted by atomic mass is 16.4. The summed E-state index contributed by atoms with van der Waals surface area (Å²) in [6.45, 7) is 0.679. The number of carbonyl (C=O) groups is 1. The molecule has 0 saturated carbocycles. The number of unbranched alkanes of at least 4 members (excludes halogenated alkanes) is 1. The van der Waals surface area contributed by atoms with Gasteiger partial charge in [0.05, 0.1) is 0 Å². The molecule has 3 nitrogen and oxygen atoms in total. The normalized spacial score (nSPS) is 10.3. The van der Waals surface area contributed by atoms with Gasteiger partial charge in [-0.15, -0.1) is 0 Å². The molecule has 0 spiro atoms. The zero-order valence-corrected chi connectivity index (χ0v) is 9.48. The number of hydrogen-bond donors (Lipinski definition) is 2. The maximum atomic E-state index is 10.3. The van der Waals surface area contributed by atoms with E-state index in [-0.39, 0.29) is 6.42 Å². The predicted octanol–water partition coefficient (Wildman–Crippen LogP) is 1.99. The summed E-state index contributed by atoms with van der Waals surface area (Å²) in [5.74, 6) is -0.710. The van der Waals surface area contributed by atoms with Crippen LogP contribution >= 0.6 is 0 Å². The summed E-state index contributed by atoms with van der Waals surface area (Å²) in [6, 6.07) is 8.40. The van der Waals surface area contributed by atoms with Gasteiger partial charge in [0.15, 0.2) is 0 Å². The number of aryl methyl sites for hydroxylation is 1. The fourth-order valence-electron chi connectivity index (χ4n) is 1.64. The highest BCUT2D eigenvalue weighted by molar-refractivity contribution is 5.66. The number of aliphatic carboxylic acids is 1. The molecule has 16 heavy (non-hydrogen) atoms. The van der Waals surface area contributed by atoms with Crippen LogP contribution < -0.4 is 5.73 Å². The Kier molecular flexibility index (Phi) is 5.57. The first-order chi connectivity index (χ1) is 7.72. The first-order valence-corrected chi connectivity index (χ1v) is 5.72. The largest absolute Gasteiger partial charge is 0.481 e. The van der Waals surface area contributed by atoms with Gasteiger partial charge in [0.2, 0.25) is 0 Å². The molecule has 88 valence electrons. The molecule has 0 aromatic heterocycles. The number of hydrogen-bond acceptors (Lipinski definition) is 2. The van der Waals surface area contributed by atoms with Crippen molar-refractivity contribution in [3.63, 3.8) is 0 Å². The summed E-state index contributed by atoms with van der Waals surface area (Å²) in [5, 5.41) is 8.49. The molecule has 3 N–H and O–H groups in total. The minimum Gasteiger partial charge on any atom is -0.481 e. The van der Waals surface area contributed by atoms with Crippen LogP contribution in [0.3, 0.4) is 0 Å². The molecular formula is C13H19NO2. The molecule has 1 aromatic carbocycles. The molecule has 0 amide bonds. The van der Waals surface area contributed by atoms with E-state index in [9.17, 15) is 4.79 Å². The minimum absolute atomic E-state index is 0.269. The minimum atomic E-state index is -0.710. The van der Waals surface area contributed by atoms with Gasteiger partial charge in [-0.1, -0.05) is 24.3 Å². The first-order valence-electron chi connectivity index (χ1n) is 5.72. The van der Waals surface area contributed by atoms with Crippen LogP contribution in [0.1, 0.15) is 30.4 Å². The summed E-state index contributed by atoms with van der Waals surface area (Å²) in [6.07, 6.45) is 3.82. The lowest BCUT2D eigenvalue weighted by Crippen LogP contribution is -2.02. The summed E-state index contributed by atoms with van der Waals surface area (Å²) < 4.78 is 0. The van der Waals surface area contributed by atoms with E-state index in [1.807, 2.05) is 0 Å². The van der Waals surface area contributed by atoms with Crippen molar-refractivity contribution < 1.29 is 9.90 Å². The average molecular weight is 221 g/mol. The number of carboxylic acids is 1. The Bertz CT molecular complexity index is 319. The summed E-state index contributed by atoms with van der Waals surface area (Å²) >= 11 is 0. The van der Waals surface area contributed by atoms with Gasteiger partial charge in [0.25, 0.3) is 0 Å². The zero-order chi connectivity index (χ0) is 11.8. The van der Waals surface area contributed by atoms with E-state index in [4.69, 9.17) is 10.8 Å². The van der Waals surface area contributed by atoms with Crippen LogP contribution in [-0.2, 0) is 17.6 Å². The maximum Gasteiger partial charge on any atom is 0.303 e. The van der Waals surface area contributed by atoms with Gasteiger partial charge in [-0.3, -0.25) is 4.79 Å². The molecule has 3 heteroatoms. The molecule has 0 aliphatic rings. The average Bonchev–Trinajstić information content (AvgIpc) is 2.27. The second-order valence-electron chi connectivity index (χ2n) is 3.96. The lowest BCUT2D eigenvalue weighted by molar-refractivity contribution is -0.137. The monoisotopic (exact) mass is 221 g/mol. The molecule has 0 aliphatic heterocycles. The second-order valence-corrected chi connectivity index (χ2v) is 3.96. The third-order valence-electron chi connectivity index (χ3n) is 2.56. The Hall–Kier alpha value is -1.35. The van der Waals surface area contributed by atoms with Gasteiger partial charge in [0.1, 0.15) is 0 Å². The molecule has 1 aromatic rings. The molecule has 0 heterocycles. The lowest BCUT2D eigenvalue weighted by atomic mass is 10.0. The molecule has 1 rings (SSSR count). The lowest BCUT2D eigenvalue weighted by Gasteiger charge is -2.03. The van der Waals surface area contributed by atoms with Crippen molar-refractivity contribution in [2.75, 3.05) is 6.54 Å². The quantitative estimate of drug-likeness (QED) is 0.692. The van der Waals surface area contributed by atoms with Crippen LogP contribution in [0.5, 0.6) is 0 Å². The highest BCUT2D eigenvalue weighted by Gasteiger charge is 1.98. The fourth-order valence-corrected chi connectivity index (χ4v) is 1.64. The van der Waals surface area contributed by atoms with Gasteiger partial charge in [0, 0.05) is 6.42 Å². The molecule has 0 radical (unpaired) electrons. The van der Waals surface area contributed by atoms with E-state index in [0.717, 1.165) is 25.7 Å². The molecule has 0 aliphatic carbocycles. The fraction of sp³-hybridized carbons (Fsp3) is 0.462.